The Morgan fingerprint density at radius 2 is 2.33 bits per heavy atom. The van der Waals surface area contributed by atoms with Crippen molar-refractivity contribution in [3.05, 3.63) is 11.1 Å². The molecule has 5 nitrogen and oxygen atoms in total. The van der Waals surface area contributed by atoms with Crippen molar-refractivity contribution in [3.8, 4) is 0 Å². The van der Waals surface area contributed by atoms with Gasteiger partial charge in [-0.1, -0.05) is 18.7 Å². The first-order valence-electron chi connectivity index (χ1n) is 5.86. The number of hydrogen-bond donors (Lipinski definition) is 1. The van der Waals surface area contributed by atoms with Gasteiger partial charge in [0.05, 0.1) is 6.54 Å². The first-order chi connectivity index (χ1) is 8.70. The first-order valence-corrected chi connectivity index (χ1v) is 7.66. The SMILES string of the molecule is CCCNc1ncc(CN2C(=O)CCSC2=O)s1. The number of amides is 2. The van der Waals surface area contributed by atoms with E-state index < -0.39 is 0 Å². The van der Waals surface area contributed by atoms with Crippen molar-refractivity contribution < 1.29 is 9.59 Å². The van der Waals surface area contributed by atoms with Crippen LogP contribution in [-0.2, 0) is 11.3 Å². The van der Waals surface area contributed by atoms with E-state index in [0.29, 0.717) is 18.7 Å². The zero-order valence-corrected chi connectivity index (χ0v) is 11.8. The van der Waals surface area contributed by atoms with Crippen molar-refractivity contribution >= 4 is 39.4 Å². The Kier molecular flexibility index (Phi) is 4.60. The number of thiazole rings is 1. The van der Waals surface area contributed by atoms with Crippen LogP contribution < -0.4 is 5.32 Å². The smallest absolute Gasteiger partial charge is 0.288 e. The van der Waals surface area contributed by atoms with E-state index in [0.717, 1.165) is 23.0 Å². The summed E-state index contributed by atoms with van der Waals surface area (Å²) in [5.41, 5.74) is 0. The average molecular weight is 285 g/mol. The lowest BCUT2D eigenvalue weighted by atomic mass is 10.4. The van der Waals surface area contributed by atoms with Crippen molar-refractivity contribution in [2.24, 2.45) is 0 Å². The molecule has 0 radical (unpaired) electrons. The maximum absolute atomic E-state index is 11.6. The number of hydrogen-bond acceptors (Lipinski definition) is 6. The number of thioether (sulfide) groups is 1. The van der Waals surface area contributed by atoms with Gasteiger partial charge in [0, 0.05) is 29.8 Å². The maximum Gasteiger partial charge on any atom is 0.288 e. The van der Waals surface area contributed by atoms with E-state index in [1.807, 2.05) is 0 Å². The normalized spacial score (nSPS) is 16.2. The lowest BCUT2D eigenvalue weighted by molar-refractivity contribution is -0.128. The summed E-state index contributed by atoms with van der Waals surface area (Å²) in [6.45, 7) is 3.31. The van der Waals surface area contributed by atoms with Crippen molar-refractivity contribution in [2.45, 2.75) is 26.3 Å². The molecular weight excluding hydrogens is 270 g/mol. The molecule has 0 saturated carbocycles. The summed E-state index contributed by atoms with van der Waals surface area (Å²) in [7, 11) is 0. The quantitative estimate of drug-likeness (QED) is 0.901. The largest absolute Gasteiger partial charge is 0.362 e. The van der Waals surface area contributed by atoms with Crippen molar-refractivity contribution in [1.82, 2.24) is 9.88 Å². The van der Waals surface area contributed by atoms with E-state index in [2.05, 4.69) is 17.2 Å². The second-order valence-corrected chi connectivity index (χ2v) is 6.06. The summed E-state index contributed by atoms with van der Waals surface area (Å²) in [4.78, 5) is 29.7. The highest BCUT2D eigenvalue weighted by Gasteiger charge is 2.27. The molecule has 1 fully saturated rings. The van der Waals surface area contributed by atoms with Gasteiger partial charge in [0.25, 0.3) is 5.24 Å². The molecule has 1 saturated heterocycles. The monoisotopic (exact) mass is 285 g/mol. The third-order valence-electron chi connectivity index (χ3n) is 2.46. The molecule has 2 amide bonds. The summed E-state index contributed by atoms with van der Waals surface area (Å²) in [6.07, 6.45) is 3.20. The third-order valence-corrected chi connectivity index (χ3v) is 4.27. The molecule has 1 aliphatic rings. The number of rotatable bonds is 5. The van der Waals surface area contributed by atoms with Gasteiger partial charge in [-0.2, -0.15) is 0 Å². The van der Waals surface area contributed by atoms with Gasteiger partial charge in [0.2, 0.25) is 5.91 Å². The molecule has 18 heavy (non-hydrogen) atoms. The Hall–Kier alpha value is -1.08. The minimum Gasteiger partial charge on any atom is -0.362 e. The van der Waals surface area contributed by atoms with Crippen LogP contribution in [0.3, 0.4) is 0 Å². The standard InChI is InChI=1S/C11H15N3O2S2/c1-2-4-12-10-13-6-8(18-10)7-14-9(15)3-5-17-11(14)16/h6H,2-5,7H2,1H3,(H,12,13). The highest BCUT2D eigenvalue weighted by Crippen LogP contribution is 2.24. The lowest BCUT2D eigenvalue weighted by Crippen LogP contribution is -2.37. The number of nitrogens with one attached hydrogen (secondary N) is 1. The minimum absolute atomic E-state index is 0.0878. The molecule has 1 N–H and O–H groups in total. The molecule has 0 aliphatic carbocycles. The van der Waals surface area contributed by atoms with Gasteiger partial charge >= 0.3 is 0 Å². The fraction of sp³-hybridized carbons (Fsp3) is 0.545. The van der Waals surface area contributed by atoms with Crippen LogP contribution in [-0.4, -0.2) is 33.3 Å². The van der Waals surface area contributed by atoms with Crippen LogP contribution in [0.15, 0.2) is 6.20 Å². The molecule has 7 heteroatoms. The molecular formula is C11H15N3O2S2. The van der Waals surface area contributed by atoms with E-state index in [1.54, 1.807) is 6.20 Å². The van der Waals surface area contributed by atoms with E-state index in [4.69, 9.17) is 0 Å². The molecule has 1 aromatic rings. The molecule has 0 aromatic carbocycles. The summed E-state index contributed by atoms with van der Waals surface area (Å²) in [5.74, 6) is 0.510. The summed E-state index contributed by atoms with van der Waals surface area (Å²) in [6, 6.07) is 0. The molecule has 2 rings (SSSR count). The Morgan fingerprint density at radius 3 is 3.06 bits per heavy atom. The topological polar surface area (TPSA) is 62.3 Å². The second kappa shape index (κ2) is 6.19. The highest BCUT2D eigenvalue weighted by molar-refractivity contribution is 8.13. The van der Waals surface area contributed by atoms with Crippen LogP contribution in [0, 0.1) is 0 Å². The fourth-order valence-electron chi connectivity index (χ4n) is 1.54. The molecule has 0 spiro atoms. The molecule has 0 unspecified atom stereocenters. The molecule has 2 heterocycles. The number of carbonyl (C=O) groups excluding carboxylic acids is 2. The Bertz CT molecular complexity index is 431. The van der Waals surface area contributed by atoms with Gasteiger partial charge in [0.1, 0.15) is 0 Å². The van der Waals surface area contributed by atoms with Crippen LogP contribution in [0.4, 0.5) is 9.93 Å². The summed E-state index contributed by atoms with van der Waals surface area (Å²) >= 11 is 2.70. The number of nitrogens with zero attached hydrogens (tertiary/aromatic N) is 2. The Morgan fingerprint density at radius 1 is 1.50 bits per heavy atom. The second-order valence-electron chi connectivity index (χ2n) is 3.90. The van der Waals surface area contributed by atoms with Crippen LogP contribution >= 0.6 is 23.1 Å². The van der Waals surface area contributed by atoms with Crippen LogP contribution in [0.5, 0.6) is 0 Å². The van der Waals surface area contributed by atoms with Gasteiger partial charge in [-0.15, -0.1) is 11.3 Å². The molecule has 1 aliphatic heterocycles. The highest BCUT2D eigenvalue weighted by atomic mass is 32.2. The lowest BCUT2D eigenvalue weighted by Gasteiger charge is -2.23. The van der Waals surface area contributed by atoms with Crippen molar-refractivity contribution in [3.63, 3.8) is 0 Å². The number of imide groups is 1. The Labute approximate surface area is 114 Å². The number of carbonyl (C=O) groups is 2. The number of anilines is 1. The summed E-state index contributed by atoms with van der Waals surface area (Å²) in [5, 5.41) is 3.88. The van der Waals surface area contributed by atoms with E-state index in [-0.39, 0.29) is 11.1 Å². The molecule has 0 atom stereocenters. The Balaban J connectivity index is 1.97. The average Bonchev–Trinajstić information content (AvgIpc) is 2.79. The van der Waals surface area contributed by atoms with Gasteiger partial charge in [-0.05, 0) is 6.42 Å². The minimum atomic E-state index is -0.150. The number of aromatic nitrogens is 1. The van der Waals surface area contributed by atoms with E-state index >= 15 is 0 Å². The third kappa shape index (κ3) is 3.23. The molecule has 1 aromatic heterocycles. The molecule has 98 valence electrons. The van der Waals surface area contributed by atoms with Gasteiger partial charge in [0.15, 0.2) is 5.13 Å². The van der Waals surface area contributed by atoms with Crippen LogP contribution in [0.2, 0.25) is 0 Å². The first kappa shape index (κ1) is 13.4. The van der Waals surface area contributed by atoms with E-state index in [9.17, 15) is 9.59 Å². The zero-order chi connectivity index (χ0) is 13.0. The van der Waals surface area contributed by atoms with Gasteiger partial charge in [-0.25, -0.2) is 4.98 Å². The van der Waals surface area contributed by atoms with Crippen molar-refractivity contribution in [2.75, 3.05) is 17.6 Å². The fourth-order valence-corrected chi connectivity index (χ4v) is 3.14. The van der Waals surface area contributed by atoms with E-state index in [1.165, 1.54) is 28.0 Å². The summed E-state index contributed by atoms with van der Waals surface area (Å²) < 4.78 is 0. The van der Waals surface area contributed by atoms with Gasteiger partial charge in [-0.3, -0.25) is 14.5 Å². The van der Waals surface area contributed by atoms with Crippen LogP contribution in [0.1, 0.15) is 24.6 Å². The maximum atomic E-state index is 11.6. The predicted molar refractivity (Wildman–Crippen MR) is 73.9 cm³/mol. The van der Waals surface area contributed by atoms with Crippen molar-refractivity contribution in [1.29, 1.82) is 0 Å². The zero-order valence-electron chi connectivity index (χ0n) is 10.1. The van der Waals surface area contributed by atoms with Crippen LogP contribution in [0.25, 0.3) is 0 Å². The molecule has 0 bridgehead atoms. The predicted octanol–water partition coefficient (Wildman–Crippen LogP) is 2.55. The van der Waals surface area contributed by atoms with Gasteiger partial charge < -0.3 is 5.32 Å².